The lowest BCUT2D eigenvalue weighted by Gasteiger charge is -2.34. The first-order chi connectivity index (χ1) is 13.4. The van der Waals surface area contributed by atoms with Crippen LogP contribution in [0.2, 0.25) is 0 Å². The molecule has 1 amide bonds. The van der Waals surface area contributed by atoms with Crippen LogP contribution in [0.5, 0.6) is 17.2 Å². The average Bonchev–Trinajstić information content (AvgIpc) is 2.70. The van der Waals surface area contributed by atoms with Crippen LogP contribution in [0.25, 0.3) is 0 Å². The van der Waals surface area contributed by atoms with Crippen LogP contribution in [0.4, 0.5) is 5.69 Å². The lowest BCUT2D eigenvalue weighted by molar-refractivity contribution is -0.128. The third-order valence-electron chi connectivity index (χ3n) is 4.50. The number of carbonyl (C=O) groups excluding carboxylic acids is 1. The highest BCUT2D eigenvalue weighted by Gasteiger charge is 2.35. The van der Waals surface area contributed by atoms with Crippen molar-refractivity contribution >= 4 is 21.6 Å². The van der Waals surface area contributed by atoms with Crippen LogP contribution in [0.15, 0.2) is 48.5 Å². The van der Waals surface area contributed by atoms with Gasteiger partial charge in [-0.25, -0.2) is 8.42 Å². The molecular weight excluding hydrogens is 384 g/mol. The van der Waals surface area contributed by atoms with Gasteiger partial charge in [0.05, 0.1) is 25.0 Å². The van der Waals surface area contributed by atoms with Gasteiger partial charge < -0.3 is 19.5 Å². The molecule has 0 spiro atoms. The lowest BCUT2D eigenvalue weighted by Crippen LogP contribution is -2.52. The zero-order chi connectivity index (χ0) is 19.7. The number of rotatable bonds is 4. The van der Waals surface area contributed by atoms with Crippen LogP contribution in [0, 0.1) is 0 Å². The van der Waals surface area contributed by atoms with Crippen LogP contribution in [-0.2, 0) is 14.8 Å². The number of hydrogen-bond acceptors (Lipinski definition) is 6. The summed E-state index contributed by atoms with van der Waals surface area (Å²) in [7, 11) is -3.55. The number of benzene rings is 2. The summed E-state index contributed by atoms with van der Waals surface area (Å²) in [6.07, 6.45) is -0.198. The Hall–Kier alpha value is -2.94. The molecule has 0 unspecified atom stereocenters. The van der Waals surface area contributed by atoms with E-state index >= 15 is 0 Å². The van der Waals surface area contributed by atoms with E-state index in [1.807, 2.05) is 18.2 Å². The van der Waals surface area contributed by atoms with E-state index in [0.717, 1.165) is 6.26 Å². The Balaban J connectivity index is 1.42. The summed E-state index contributed by atoms with van der Waals surface area (Å²) in [6.45, 7) is 0.432. The second-order valence-corrected chi connectivity index (χ2v) is 8.52. The third-order valence-corrected chi connectivity index (χ3v) is 5.65. The van der Waals surface area contributed by atoms with Gasteiger partial charge in [0.15, 0.2) is 17.6 Å². The fourth-order valence-electron chi connectivity index (χ4n) is 3.14. The molecule has 2 aromatic rings. The Morgan fingerprint density at radius 1 is 1.07 bits per heavy atom. The van der Waals surface area contributed by atoms with Gasteiger partial charge in [-0.2, -0.15) is 0 Å². The van der Waals surface area contributed by atoms with Crippen molar-refractivity contribution in [1.82, 2.24) is 5.32 Å². The van der Waals surface area contributed by atoms with Crippen LogP contribution in [-0.4, -0.2) is 52.5 Å². The van der Waals surface area contributed by atoms with E-state index < -0.39 is 22.0 Å². The summed E-state index contributed by atoms with van der Waals surface area (Å²) in [4.78, 5) is 12.6. The number of para-hydroxylation sites is 4. The largest absolute Gasteiger partial charge is 0.486 e. The summed E-state index contributed by atoms with van der Waals surface area (Å²) in [5.41, 5.74) is 0.426. The molecule has 28 heavy (non-hydrogen) atoms. The van der Waals surface area contributed by atoms with Crippen molar-refractivity contribution in [3.63, 3.8) is 0 Å². The number of amides is 1. The van der Waals surface area contributed by atoms with Crippen LogP contribution < -0.4 is 23.8 Å². The Morgan fingerprint density at radius 2 is 1.75 bits per heavy atom. The summed E-state index contributed by atoms with van der Waals surface area (Å²) < 4.78 is 42.6. The molecule has 0 saturated heterocycles. The van der Waals surface area contributed by atoms with Crippen LogP contribution in [0.1, 0.15) is 0 Å². The van der Waals surface area contributed by atoms with Crippen LogP contribution >= 0.6 is 0 Å². The summed E-state index contributed by atoms with van der Waals surface area (Å²) in [6, 6.07) is 14.1. The smallest absolute Gasteiger partial charge is 0.263 e. The monoisotopic (exact) mass is 404 g/mol. The standard InChI is InChI=1S/C19H20N2O6S/c1-28(23,24)21-11-18(27-15-7-3-2-6-14(15)21)19(22)20-10-13-12-25-16-8-4-5-9-17(16)26-13/h2-9,13,18H,10-12H2,1H3,(H,20,22)/t13-,18+/m0/s1. The van der Waals surface area contributed by atoms with Crippen molar-refractivity contribution in [3.05, 3.63) is 48.5 Å². The minimum absolute atomic E-state index is 0.0907. The maximum atomic E-state index is 12.6. The number of hydrogen-bond donors (Lipinski definition) is 1. The van der Waals surface area contributed by atoms with Gasteiger partial charge in [0.2, 0.25) is 10.0 Å². The molecule has 148 valence electrons. The van der Waals surface area contributed by atoms with Crippen LogP contribution in [0.3, 0.4) is 0 Å². The Labute approximate surface area is 163 Å². The summed E-state index contributed by atoms with van der Waals surface area (Å²) in [5, 5.41) is 2.77. The number of sulfonamides is 1. The van der Waals surface area contributed by atoms with E-state index in [1.54, 1.807) is 30.3 Å². The normalized spacial score (nSPS) is 20.7. The molecule has 2 aromatic carbocycles. The molecule has 4 rings (SSSR count). The molecule has 2 aliphatic rings. The van der Waals surface area contributed by atoms with Gasteiger partial charge in [-0.1, -0.05) is 24.3 Å². The Bertz CT molecular complexity index is 993. The van der Waals surface area contributed by atoms with Gasteiger partial charge in [-0.3, -0.25) is 9.10 Å². The van der Waals surface area contributed by atoms with Gasteiger partial charge >= 0.3 is 0 Å². The summed E-state index contributed by atoms with van der Waals surface area (Å²) >= 11 is 0. The second-order valence-electron chi connectivity index (χ2n) is 6.61. The van der Waals surface area contributed by atoms with Crippen molar-refractivity contribution < 1.29 is 27.4 Å². The third kappa shape index (κ3) is 3.70. The molecule has 0 fully saturated rings. The van der Waals surface area contributed by atoms with Crippen molar-refractivity contribution in [3.8, 4) is 17.2 Å². The lowest BCUT2D eigenvalue weighted by atomic mass is 10.2. The van der Waals surface area contributed by atoms with E-state index in [2.05, 4.69) is 5.32 Å². The highest BCUT2D eigenvalue weighted by Crippen LogP contribution is 2.34. The average molecular weight is 404 g/mol. The van der Waals surface area contributed by atoms with Gasteiger partial charge in [-0.15, -0.1) is 0 Å². The highest BCUT2D eigenvalue weighted by molar-refractivity contribution is 7.92. The SMILES string of the molecule is CS(=O)(=O)N1C[C@H](C(=O)NC[C@H]2COc3ccccc3O2)Oc2ccccc21. The summed E-state index contributed by atoms with van der Waals surface area (Å²) in [5.74, 6) is 1.23. The molecule has 9 heteroatoms. The molecule has 0 saturated carbocycles. The zero-order valence-electron chi connectivity index (χ0n) is 15.2. The first kappa shape index (κ1) is 18.4. The number of nitrogens with one attached hydrogen (secondary N) is 1. The van der Waals surface area contributed by atoms with Crippen molar-refractivity contribution in [1.29, 1.82) is 0 Å². The van der Waals surface area contributed by atoms with Gasteiger partial charge in [0.25, 0.3) is 5.91 Å². The first-order valence-electron chi connectivity index (χ1n) is 8.81. The molecule has 8 nitrogen and oxygen atoms in total. The molecule has 2 heterocycles. The fourth-order valence-corrected chi connectivity index (χ4v) is 4.06. The van der Waals surface area contributed by atoms with E-state index in [0.29, 0.717) is 29.5 Å². The number of anilines is 1. The van der Waals surface area contributed by atoms with Gasteiger partial charge in [-0.05, 0) is 24.3 Å². The van der Waals surface area contributed by atoms with E-state index in [9.17, 15) is 13.2 Å². The molecule has 2 atom stereocenters. The number of carbonyl (C=O) groups is 1. The highest BCUT2D eigenvalue weighted by atomic mass is 32.2. The Kier molecular flexibility index (Phi) is 4.76. The van der Waals surface area contributed by atoms with Gasteiger partial charge in [0.1, 0.15) is 18.5 Å². The minimum Gasteiger partial charge on any atom is -0.486 e. The maximum absolute atomic E-state index is 12.6. The fraction of sp³-hybridized carbons (Fsp3) is 0.316. The van der Waals surface area contributed by atoms with Crippen molar-refractivity contribution in [2.75, 3.05) is 30.3 Å². The number of fused-ring (bicyclic) bond motifs is 2. The molecule has 2 aliphatic heterocycles. The maximum Gasteiger partial charge on any atom is 0.263 e. The first-order valence-corrected chi connectivity index (χ1v) is 10.7. The molecule has 0 aromatic heterocycles. The molecule has 0 radical (unpaired) electrons. The van der Waals surface area contributed by atoms with Crippen molar-refractivity contribution in [2.45, 2.75) is 12.2 Å². The zero-order valence-corrected chi connectivity index (χ0v) is 16.0. The predicted octanol–water partition coefficient (Wildman–Crippen LogP) is 1.17. The minimum atomic E-state index is -3.55. The number of nitrogens with zero attached hydrogens (tertiary/aromatic N) is 1. The second kappa shape index (κ2) is 7.23. The topological polar surface area (TPSA) is 94.2 Å². The van der Waals surface area contributed by atoms with E-state index in [4.69, 9.17) is 14.2 Å². The Morgan fingerprint density at radius 3 is 2.50 bits per heavy atom. The van der Waals surface area contributed by atoms with E-state index in [-0.39, 0.29) is 19.2 Å². The molecular formula is C19H20N2O6S. The number of ether oxygens (including phenoxy) is 3. The quantitative estimate of drug-likeness (QED) is 0.822. The molecule has 0 bridgehead atoms. The molecule has 0 aliphatic carbocycles. The predicted molar refractivity (Wildman–Crippen MR) is 102 cm³/mol. The van der Waals surface area contributed by atoms with E-state index in [1.165, 1.54) is 4.31 Å². The van der Waals surface area contributed by atoms with Gasteiger partial charge in [0, 0.05) is 0 Å². The van der Waals surface area contributed by atoms with Crippen molar-refractivity contribution in [2.24, 2.45) is 0 Å². The molecule has 1 N–H and O–H groups in total.